The zero-order valence-electron chi connectivity index (χ0n) is 22.2. The zero-order chi connectivity index (χ0) is 27.8. The lowest BCUT2D eigenvalue weighted by Crippen LogP contribution is -2.54. The van der Waals surface area contributed by atoms with Crippen LogP contribution in [0.5, 0.6) is 0 Å². The van der Waals surface area contributed by atoms with Gasteiger partial charge in [-0.3, -0.25) is 19.2 Å². The Morgan fingerprint density at radius 3 is 2.11 bits per heavy atom. The number of alkyl carbamates (subject to hydrolysis) is 1. The predicted octanol–water partition coefficient (Wildman–Crippen LogP) is 0.633. The molecule has 5 amide bonds. The summed E-state index contributed by atoms with van der Waals surface area (Å²) in [4.78, 5) is 60.4. The minimum Gasteiger partial charge on any atom is -0.445 e. The van der Waals surface area contributed by atoms with Crippen molar-refractivity contribution in [3.63, 3.8) is 0 Å². The molecule has 12 nitrogen and oxygen atoms in total. The number of hydrogen-bond acceptors (Lipinski definition) is 7. The lowest BCUT2D eigenvalue weighted by molar-refractivity contribution is -0.131. The molecule has 6 N–H and O–H groups in total. The van der Waals surface area contributed by atoms with Crippen molar-refractivity contribution in [3.05, 3.63) is 29.8 Å². The Bertz CT molecular complexity index is 905. The Morgan fingerprint density at radius 1 is 0.838 bits per heavy atom. The van der Waals surface area contributed by atoms with Crippen molar-refractivity contribution < 1.29 is 28.7 Å². The van der Waals surface area contributed by atoms with Crippen molar-refractivity contribution in [2.24, 2.45) is 5.92 Å². The Balaban J connectivity index is 2.53. The molecule has 0 bridgehead atoms. The summed E-state index contributed by atoms with van der Waals surface area (Å²) in [6, 6.07) is 5.06. The van der Waals surface area contributed by atoms with Crippen LogP contribution in [-0.2, 0) is 30.5 Å². The summed E-state index contributed by atoms with van der Waals surface area (Å²) < 4.78 is 5.12. The number of ether oxygens (including phenoxy) is 1. The molecule has 37 heavy (non-hydrogen) atoms. The van der Waals surface area contributed by atoms with E-state index in [-0.39, 0.29) is 37.3 Å². The van der Waals surface area contributed by atoms with Gasteiger partial charge in [-0.2, -0.15) is 0 Å². The van der Waals surface area contributed by atoms with Crippen LogP contribution in [0.4, 0.5) is 10.5 Å². The van der Waals surface area contributed by atoms with Gasteiger partial charge in [0.1, 0.15) is 18.7 Å². The third-order valence-corrected chi connectivity index (χ3v) is 5.25. The van der Waals surface area contributed by atoms with Crippen LogP contribution in [0.25, 0.3) is 0 Å². The van der Waals surface area contributed by atoms with Gasteiger partial charge < -0.3 is 36.6 Å². The maximum absolute atomic E-state index is 12.7. The maximum atomic E-state index is 12.7. The minimum absolute atomic E-state index is 0.0420. The second kappa shape index (κ2) is 16.9. The fourth-order valence-electron chi connectivity index (χ4n) is 3.01. The van der Waals surface area contributed by atoms with Gasteiger partial charge in [-0.15, -0.1) is 0 Å². The molecule has 1 aromatic carbocycles. The first kappa shape index (κ1) is 31.4. The van der Waals surface area contributed by atoms with Crippen molar-refractivity contribution in [1.82, 2.24) is 26.6 Å². The molecule has 0 fully saturated rings. The van der Waals surface area contributed by atoms with Crippen molar-refractivity contribution in [2.45, 2.75) is 59.2 Å². The smallest absolute Gasteiger partial charge is 0.407 e. The van der Waals surface area contributed by atoms with E-state index < -0.39 is 30.0 Å². The monoisotopic (exact) mass is 520 g/mol. The average Bonchev–Trinajstić information content (AvgIpc) is 2.86. The number of likely N-dealkylation sites (N-methyl/N-ethyl adjacent to an activating group) is 1. The Morgan fingerprint density at radius 2 is 1.51 bits per heavy atom. The number of anilines is 1. The van der Waals surface area contributed by atoms with Gasteiger partial charge in [-0.25, -0.2) is 4.79 Å². The first-order valence-electron chi connectivity index (χ1n) is 12.4. The molecular weight excluding hydrogens is 480 g/mol. The Labute approximate surface area is 218 Å². The highest BCUT2D eigenvalue weighted by Crippen LogP contribution is 2.11. The molecule has 1 aromatic rings. The average molecular weight is 521 g/mol. The van der Waals surface area contributed by atoms with Crippen molar-refractivity contribution >= 4 is 35.4 Å². The molecule has 0 aliphatic heterocycles. The van der Waals surface area contributed by atoms with E-state index in [4.69, 9.17) is 4.74 Å². The summed E-state index contributed by atoms with van der Waals surface area (Å²) in [7, 11) is 1.78. The second-order valence-corrected chi connectivity index (χ2v) is 8.77. The summed E-state index contributed by atoms with van der Waals surface area (Å²) >= 11 is 0. The predicted molar refractivity (Wildman–Crippen MR) is 139 cm³/mol. The minimum atomic E-state index is -0.862. The lowest BCUT2D eigenvalue weighted by atomic mass is 10.0. The highest BCUT2D eigenvalue weighted by atomic mass is 16.5. The van der Waals surface area contributed by atoms with Gasteiger partial charge in [0.15, 0.2) is 0 Å². The van der Waals surface area contributed by atoms with E-state index in [1.807, 2.05) is 0 Å². The van der Waals surface area contributed by atoms with Crippen LogP contribution in [0, 0.1) is 5.92 Å². The quantitative estimate of drug-likeness (QED) is 0.184. The third-order valence-electron chi connectivity index (χ3n) is 5.25. The lowest BCUT2D eigenvalue weighted by Gasteiger charge is -2.24. The number of carbonyl (C=O) groups is 5. The summed E-state index contributed by atoms with van der Waals surface area (Å²) in [5.74, 6) is -1.66. The van der Waals surface area contributed by atoms with Gasteiger partial charge in [0, 0.05) is 38.2 Å². The molecule has 0 aliphatic rings. The van der Waals surface area contributed by atoms with Crippen molar-refractivity contribution in [1.29, 1.82) is 0 Å². The SMILES string of the molecule is CCC(=O)NCCC(=O)N[C@H](C(=O)NC(C)C(=O)Nc1ccc(COC(=O)NCCNC)cc1)C(C)C. The molecule has 0 aliphatic carbocycles. The van der Waals surface area contributed by atoms with Crippen LogP contribution in [-0.4, -0.2) is 68.5 Å². The number of rotatable bonds is 15. The van der Waals surface area contributed by atoms with Gasteiger partial charge >= 0.3 is 6.09 Å². The number of hydrogen-bond donors (Lipinski definition) is 6. The van der Waals surface area contributed by atoms with E-state index in [1.165, 1.54) is 0 Å². The van der Waals surface area contributed by atoms with Crippen LogP contribution in [0.3, 0.4) is 0 Å². The Hall–Kier alpha value is -3.67. The summed E-state index contributed by atoms with van der Waals surface area (Å²) in [5.41, 5.74) is 1.25. The molecule has 12 heteroatoms. The first-order valence-corrected chi connectivity index (χ1v) is 12.4. The highest BCUT2D eigenvalue weighted by Gasteiger charge is 2.27. The Kier molecular flexibility index (Phi) is 14.3. The second-order valence-electron chi connectivity index (χ2n) is 8.77. The molecule has 1 rings (SSSR count). The summed E-state index contributed by atoms with van der Waals surface area (Å²) in [5, 5.41) is 16.1. The van der Waals surface area contributed by atoms with E-state index in [1.54, 1.807) is 59.0 Å². The molecule has 0 heterocycles. The van der Waals surface area contributed by atoms with Gasteiger partial charge in [-0.1, -0.05) is 32.9 Å². The fraction of sp³-hybridized carbons (Fsp3) is 0.560. The third kappa shape index (κ3) is 12.7. The highest BCUT2D eigenvalue weighted by molar-refractivity contribution is 5.98. The van der Waals surface area contributed by atoms with E-state index in [0.29, 0.717) is 25.2 Å². The normalized spacial score (nSPS) is 12.2. The maximum Gasteiger partial charge on any atom is 0.407 e. The summed E-state index contributed by atoms with van der Waals surface area (Å²) in [6.45, 7) is 8.18. The molecule has 0 saturated heterocycles. The molecule has 206 valence electrons. The molecule has 2 atom stereocenters. The van der Waals surface area contributed by atoms with Crippen LogP contribution >= 0.6 is 0 Å². The fourth-order valence-corrected chi connectivity index (χ4v) is 3.01. The molecule has 1 unspecified atom stereocenters. The van der Waals surface area contributed by atoms with E-state index in [2.05, 4.69) is 31.9 Å². The van der Waals surface area contributed by atoms with Crippen molar-refractivity contribution in [2.75, 3.05) is 32.0 Å². The van der Waals surface area contributed by atoms with Gasteiger partial charge in [0.2, 0.25) is 23.6 Å². The van der Waals surface area contributed by atoms with Crippen LogP contribution in [0.2, 0.25) is 0 Å². The molecule has 0 spiro atoms. The van der Waals surface area contributed by atoms with Crippen LogP contribution in [0.1, 0.15) is 46.1 Å². The van der Waals surface area contributed by atoms with E-state index in [9.17, 15) is 24.0 Å². The number of amides is 5. The van der Waals surface area contributed by atoms with Crippen LogP contribution in [0.15, 0.2) is 24.3 Å². The van der Waals surface area contributed by atoms with E-state index in [0.717, 1.165) is 5.56 Å². The van der Waals surface area contributed by atoms with Gasteiger partial charge in [0.05, 0.1) is 0 Å². The molecular formula is C25H40N6O6. The van der Waals surface area contributed by atoms with Gasteiger partial charge in [-0.05, 0) is 37.6 Å². The molecule has 0 radical (unpaired) electrons. The number of nitrogens with one attached hydrogen (secondary N) is 6. The van der Waals surface area contributed by atoms with E-state index >= 15 is 0 Å². The zero-order valence-corrected chi connectivity index (χ0v) is 22.2. The topological polar surface area (TPSA) is 167 Å². The van der Waals surface area contributed by atoms with Crippen molar-refractivity contribution in [3.8, 4) is 0 Å². The number of carbonyl (C=O) groups excluding carboxylic acids is 5. The number of benzene rings is 1. The van der Waals surface area contributed by atoms with Crippen LogP contribution < -0.4 is 31.9 Å². The van der Waals surface area contributed by atoms with Gasteiger partial charge in [0.25, 0.3) is 0 Å². The first-order chi connectivity index (χ1) is 17.6. The molecule has 0 aromatic heterocycles. The molecule has 0 saturated carbocycles. The largest absolute Gasteiger partial charge is 0.445 e. The standard InChI is InChI=1S/C25H40N6O6/c1-6-20(32)27-12-11-21(33)31-22(16(2)3)24(35)29-17(4)23(34)30-19-9-7-18(8-10-19)15-37-25(36)28-14-13-26-5/h7-10,16-17,22,26H,6,11-15H2,1-5H3,(H,27,32)(H,28,36)(H,29,35)(H,30,34)(H,31,33)/t17?,22-/m0/s1. The summed E-state index contributed by atoms with van der Waals surface area (Å²) in [6.07, 6.45) is -0.149.